The van der Waals surface area contributed by atoms with Gasteiger partial charge in [0.25, 0.3) is 5.24 Å². The third kappa shape index (κ3) is 6.33. The van der Waals surface area contributed by atoms with Crippen molar-refractivity contribution in [3.63, 3.8) is 0 Å². The number of rotatable bonds is 8. The summed E-state index contributed by atoms with van der Waals surface area (Å²) in [6, 6.07) is 23.9. The molecule has 1 saturated heterocycles. The van der Waals surface area contributed by atoms with Gasteiger partial charge >= 0.3 is 0 Å². The van der Waals surface area contributed by atoms with Crippen molar-refractivity contribution >= 4 is 46.9 Å². The summed E-state index contributed by atoms with van der Waals surface area (Å²) in [6.07, 6.45) is 0.495. The lowest BCUT2D eigenvalue weighted by Gasteiger charge is -2.25. The second kappa shape index (κ2) is 11.8. The number of methoxy groups -OCH3 is 1. The van der Waals surface area contributed by atoms with Crippen molar-refractivity contribution in [1.29, 1.82) is 0 Å². The summed E-state index contributed by atoms with van der Waals surface area (Å²) < 4.78 is 5.33. The Hall–Kier alpha value is -2.51. The van der Waals surface area contributed by atoms with Crippen molar-refractivity contribution in [2.75, 3.05) is 7.11 Å². The molecule has 0 aliphatic carbocycles. The fraction of sp³-hybridized carbons (Fsp3) is 0.231. The molecular formula is C26H26Cl2N2O3S. The van der Waals surface area contributed by atoms with Crippen LogP contribution in [0.5, 0.6) is 5.75 Å². The number of hydrogen-bond acceptors (Lipinski definition) is 5. The molecular weight excluding hydrogens is 491 g/mol. The number of carbonyl (C=O) groups excluding carboxylic acids is 2. The van der Waals surface area contributed by atoms with Crippen LogP contribution in [0.4, 0.5) is 4.79 Å². The van der Waals surface area contributed by atoms with Gasteiger partial charge in [0.15, 0.2) is 0 Å². The molecule has 4 rings (SSSR count). The Balaban J connectivity index is 0.00000324. The Morgan fingerprint density at radius 1 is 1.00 bits per heavy atom. The first kappa shape index (κ1) is 26.1. The van der Waals surface area contributed by atoms with Crippen molar-refractivity contribution < 1.29 is 14.3 Å². The quantitative estimate of drug-likeness (QED) is 0.378. The lowest BCUT2D eigenvalue weighted by Crippen LogP contribution is -2.26. The number of nitrogens with one attached hydrogen (secondary N) is 2. The summed E-state index contributed by atoms with van der Waals surface area (Å²) in [5.74, 6) is 0.567. The Morgan fingerprint density at radius 3 is 2.35 bits per heavy atom. The first-order valence-corrected chi connectivity index (χ1v) is 11.9. The highest BCUT2D eigenvalue weighted by Crippen LogP contribution is 2.30. The van der Waals surface area contributed by atoms with Gasteiger partial charge in [-0.15, -0.1) is 12.4 Å². The molecule has 3 atom stereocenters. The van der Waals surface area contributed by atoms with Gasteiger partial charge in [0.2, 0.25) is 5.91 Å². The summed E-state index contributed by atoms with van der Waals surface area (Å²) in [5, 5.41) is 6.11. The van der Waals surface area contributed by atoms with Crippen LogP contribution in [0.3, 0.4) is 0 Å². The smallest absolute Gasteiger partial charge is 0.286 e. The minimum atomic E-state index is -0.398. The molecule has 0 bridgehead atoms. The van der Waals surface area contributed by atoms with Gasteiger partial charge in [0.1, 0.15) is 5.75 Å². The molecule has 178 valence electrons. The van der Waals surface area contributed by atoms with E-state index < -0.39 is 5.25 Å². The number of carbonyl (C=O) groups is 2. The van der Waals surface area contributed by atoms with Crippen molar-refractivity contribution in [3.05, 3.63) is 100 Å². The van der Waals surface area contributed by atoms with Gasteiger partial charge in [-0.05, 0) is 59.9 Å². The Morgan fingerprint density at radius 2 is 1.71 bits per heavy atom. The van der Waals surface area contributed by atoms with E-state index in [4.69, 9.17) is 16.3 Å². The van der Waals surface area contributed by atoms with Crippen molar-refractivity contribution in [3.8, 4) is 5.75 Å². The predicted molar refractivity (Wildman–Crippen MR) is 140 cm³/mol. The van der Waals surface area contributed by atoms with Crippen LogP contribution in [0.2, 0.25) is 5.02 Å². The van der Waals surface area contributed by atoms with E-state index in [1.807, 2.05) is 54.6 Å². The van der Waals surface area contributed by atoms with E-state index >= 15 is 0 Å². The second-order valence-corrected chi connectivity index (χ2v) is 9.59. The van der Waals surface area contributed by atoms with E-state index in [0.29, 0.717) is 11.4 Å². The average molecular weight is 517 g/mol. The first-order valence-electron chi connectivity index (χ1n) is 10.7. The molecule has 3 aromatic carbocycles. The molecule has 8 heteroatoms. The topological polar surface area (TPSA) is 67.4 Å². The molecule has 0 radical (unpaired) electrons. The average Bonchev–Trinajstić information content (AvgIpc) is 3.14. The van der Waals surface area contributed by atoms with Crippen molar-refractivity contribution in [2.45, 2.75) is 30.7 Å². The van der Waals surface area contributed by atoms with E-state index in [9.17, 15) is 9.59 Å². The fourth-order valence-corrected chi connectivity index (χ4v) is 5.00. The third-order valence-corrected chi connectivity index (χ3v) is 6.90. The summed E-state index contributed by atoms with van der Waals surface area (Å²) >= 11 is 7.27. The van der Waals surface area contributed by atoms with Gasteiger partial charge in [0, 0.05) is 11.1 Å². The zero-order valence-electron chi connectivity index (χ0n) is 18.8. The second-order valence-electron chi connectivity index (χ2n) is 7.98. The number of amides is 2. The van der Waals surface area contributed by atoms with Gasteiger partial charge in [0.05, 0.1) is 18.4 Å². The summed E-state index contributed by atoms with van der Waals surface area (Å²) in [5.41, 5.74) is 4.26. The highest BCUT2D eigenvalue weighted by Gasteiger charge is 2.31. The predicted octanol–water partition coefficient (Wildman–Crippen LogP) is 6.10. The minimum absolute atomic E-state index is 0. The number of imide groups is 1. The van der Waals surface area contributed by atoms with Gasteiger partial charge in [-0.2, -0.15) is 0 Å². The van der Waals surface area contributed by atoms with Crippen LogP contribution in [0.15, 0.2) is 72.8 Å². The standard InChI is InChI=1S/C26H25ClN2O3S.ClH/c1-16(19-6-4-8-21(27)15-19)28-24(18-9-11-22(32-2)12-10-18)20-7-3-5-17(13-20)14-23-25(30)29-26(31)33-23;/h3-13,15-16,23-24,28H,14H2,1-2H3,(H,29,30,31);1H. The van der Waals surface area contributed by atoms with Gasteiger partial charge in [-0.25, -0.2) is 0 Å². The number of halogens is 2. The normalized spacial score (nSPS) is 17.0. The van der Waals surface area contributed by atoms with Crippen LogP contribution < -0.4 is 15.4 Å². The molecule has 34 heavy (non-hydrogen) atoms. The maximum atomic E-state index is 12.0. The van der Waals surface area contributed by atoms with E-state index in [1.165, 1.54) is 0 Å². The van der Waals surface area contributed by atoms with Crippen LogP contribution in [-0.2, 0) is 11.2 Å². The Kier molecular flexibility index (Phi) is 9.03. The maximum Gasteiger partial charge on any atom is 0.286 e. The van der Waals surface area contributed by atoms with Crippen LogP contribution >= 0.6 is 35.8 Å². The fourth-order valence-electron chi connectivity index (χ4n) is 3.94. The van der Waals surface area contributed by atoms with E-state index in [-0.39, 0.29) is 35.6 Å². The van der Waals surface area contributed by atoms with Crippen molar-refractivity contribution in [1.82, 2.24) is 10.6 Å². The maximum absolute atomic E-state index is 12.0. The van der Waals surface area contributed by atoms with E-state index in [0.717, 1.165) is 39.8 Å². The summed E-state index contributed by atoms with van der Waals surface area (Å²) in [6.45, 7) is 2.11. The number of hydrogen-bond donors (Lipinski definition) is 2. The molecule has 5 nitrogen and oxygen atoms in total. The Bertz CT molecular complexity index is 1160. The SMILES string of the molecule is COc1ccc(C(NC(C)c2cccc(Cl)c2)c2cccc(CC3SC(=O)NC3=O)c2)cc1.Cl. The molecule has 3 aromatic rings. The number of benzene rings is 3. The minimum Gasteiger partial charge on any atom is -0.497 e. The first-order chi connectivity index (χ1) is 15.9. The molecule has 3 unspecified atom stereocenters. The monoisotopic (exact) mass is 516 g/mol. The van der Waals surface area contributed by atoms with Crippen molar-refractivity contribution in [2.24, 2.45) is 0 Å². The van der Waals surface area contributed by atoms with Gasteiger partial charge < -0.3 is 4.74 Å². The molecule has 0 spiro atoms. The largest absolute Gasteiger partial charge is 0.497 e. The van der Waals surface area contributed by atoms with Crippen LogP contribution in [0.1, 0.15) is 41.3 Å². The number of thioether (sulfide) groups is 1. The molecule has 0 saturated carbocycles. The van der Waals surface area contributed by atoms with E-state index in [1.54, 1.807) is 7.11 Å². The lowest BCUT2D eigenvalue weighted by atomic mass is 9.94. The zero-order valence-corrected chi connectivity index (χ0v) is 21.2. The highest BCUT2D eigenvalue weighted by atomic mass is 35.5. The lowest BCUT2D eigenvalue weighted by molar-refractivity contribution is -0.118. The highest BCUT2D eigenvalue weighted by molar-refractivity contribution is 8.15. The number of ether oxygens (including phenoxy) is 1. The summed E-state index contributed by atoms with van der Waals surface area (Å²) in [4.78, 5) is 23.6. The molecule has 2 N–H and O–H groups in total. The third-order valence-electron chi connectivity index (χ3n) is 5.69. The van der Waals surface area contributed by atoms with Crippen LogP contribution in [0, 0.1) is 0 Å². The van der Waals surface area contributed by atoms with E-state index in [2.05, 4.69) is 35.8 Å². The summed E-state index contributed by atoms with van der Waals surface area (Å²) in [7, 11) is 1.65. The molecule has 0 aromatic heterocycles. The molecule has 1 fully saturated rings. The molecule has 1 heterocycles. The molecule has 1 aliphatic heterocycles. The van der Waals surface area contributed by atoms with Gasteiger partial charge in [-0.3, -0.25) is 20.2 Å². The Labute approximate surface area is 215 Å². The molecule has 1 aliphatic rings. The zero-order chi connectivity index (χ0) is 23.4. The van der Waals surface area contributed by atoms with Crippen LogP contribution in [0.25, 0.3) is 0 Å². The van der Waals surface area contributed by atoms with Crippen LogP contribution in [-0.4, -0.2) is 23.5 Å². The molecule has 2 amide bonds. The van der Waals surface area contributed by atoms with Gasteiger partial charge in [-0.1, -0.05) is 71.9 Å².